The molecule has 3 N–H and O–H groups in total. The molecule has 0 atom stereocenters. The number of halogens is 1. The van der Waals surface area contributed by atoms with Crippen molar-refractivity contribution in [3.63, 3.8) is 0 Å². The van der Waals surface area contributed by atoms with Gasteiger partial charge in [0.05, 0.1) is 0 Å². The number of nitrogens with zero attached hydrogens (tertiary/aromatic N) is 1. The van der Waals surface area contributed by atoms with Crippen LogP contribution in [0.3, 0.4) is 0 Å². The second-order valence-corrected chi connectivity index (χ2v) is 7.19. The standard InChI is InChI=1S/C21H27ClN4O/c1-15(2)11-20(27)26-19-6-4-5-17(12-19)14-25-21(23-3)24-13-16-7-9-18(22)10-8-16/h4-10,12,15H,11,13-14H2,1-3H3,(H,26,27)(H2,23,24,25). The van der Waals surface area contributed by atoms with E-state index in [2.05, 4.69) is 20.9 Å². The van der Waals surface area contributed by atoms with Crippen molar-refractivity contribution in [1.82, 2.24) is 10.6 Å². The van der Waals surface area contributed by atoms with Crippen molar-refractivity contribution in [2.45, 2.75) is 33.4 Å². The number of anilines is 1. The van der Waals surface area contributed by atoms with Gasteiger partial charge in [0.15, 0.2) is 5.96 Å². The van der Waals surface area contributed by atoms with Crippen LogP contribution in [0.1, 0.15) is 31.4 Å². The predicted octanol–water partition coefficient (Wildman–Crippen LogP) is 4.19. The third kappa shape index (κ3) is 7.71. The molecule has 0 saturated heterocycles. The molecule has 1 amide bonds. The molecular formula is C21H27ClN4O. The molecule has 27 heavy (non-hydrogen) atoms. The van der Waals surface area contributed by atoms with E-state index in [1.165, 1.54) is 0 Å². The van der Waals surface area contributed by atoms with Crippen LogP contribution in [-0.2, 0) is 17.9 Å². The summed E-state index contributed by atoms with van der Waals surface area (Å²) in [4.78, 5) is 16.2. The maximum absolute atomic E-state index is 11.9. The lowest BCUT2D eigenvalue weighted by Crippen LogP contribution is -2.36. The third-order valence-electron chi connectivity index (χ3n) is 3.86. The fourth-order valence-electron chi connectivity index (χ4n) is 2.54. The Bertz CT molecular complexity index is 772. The summed E-state index contributed by atoms with van der Waals surface area (Å²) in [5, 5.41) is 10.2. The number of nitrogens with one attached hydrogen (secondary N) is 3. The Kier molecular flexibility index (Phi) is 8.14. The lowest BCUT2D eigenvalue weighted by atomic mass is 10.1. The summed E-state index contributed by atoms with van der Waals surface area (Å²) in [7, 11) is 1.74. The average molecular weight is 387 g/mol. The highest BCUT2D eigenvalue weighted by Crippen LogP contribution is 2.12. The van der Waals surface area contributed by atoms with Crippen LogP contribution in [-0.4, -0.2) is 18.9 Å². The first-order valence-corrected chi connectivity index (χ1v) is 9.42. The maximum atomic E-state index is 11.9. The average Bonchev–Trinajstić information content (AvgIpc) is 2.63. The molecule has 0 aliphatic rings. The summed E-state index contributed by atoms with van der Waals surface area (Å²) < 4.78 is 0. The van der Waals surface area contributed by atoms with Gasteiger partial charge in [-0.05, 0) is 41.3 Å². The Morgan fingerprint density at radius 2 is 1.70 bits per heavy atom. The van der Waals surface area contributed by atoms with Crippen LogP contribution in [0.25, 0.3) is 0 Å². The fourth-order valence-corrected chi connectivity index (χ4v) is 2.66. The molecule has 2 rings (SSSR count). The fraction of sp³-hybridized carbons (Fsp3) is 0.333. The zero-order chi connectivity index (χ0) is 19.6. The molecule has 0 unspecified atom stereocenters. The van der Waals surface area contributed by atoms with Gasteiger partial charge >= 0.3 is 0 Å². The highest BCUT2D eigenvalue weighted by atomic mass is 35.5. The van der Waals surface area contributed by atoms with Crippen molar-refractivity contribution in [3.8, 4) is 0 Å². The molecule has 144 valence electrons. The number of aliphatic imine (C=N–C) groups is 1. The summed E-state index contributed by atoms with van der Waals surface area (Å²) in [6.07, 6.45) is 0.518. The first-order valence-electron chi connectivity index (χ1n) is 9.04. The van der Waals surface area contributed by atoms with E-state index in [0.717, 1.165) is 21.8 Å². The monoisotopic (exact) mass is 386 g/mol. The number of carbonyl (C=O) groups excluding carboxylic acids is 1. The van der Waals surface area contributed by atoms with Gasteiger partial charge in [0, 0.05) is 37.3 Å². The predicted molar refractivity (Wildman–Crippen MR) is 113 cm³/mol. The van der Waals surface area contributed by atoms with Crippen LogP contribution in [0.4, 0.5) is 5.69 Å². The first-order chi connectivity index (χ1) is 13.0. The molecule has 2 aromatic carbocycles. The number of rotatable bonds is 7. The summed E-state index contributed by atoms with van der Waals surface area (Å²) in [5.74, 6) is 1.08. The third-order valence-corrected chi connectivity index (χ3v) is 4.11. The van der Waals surface area contributed by atoms with Gasteiger partial charge in [-0.3, -0.25) is 9.79 Å². The molecule has 5 nitrogen and oxygen atoms in total. The molecule has 0 aliphatic heterocycles. The lowest BCUT2D eigenvalue weighted by Gasteiger charge is -2.13. The second-order valence-electron chi connectivity index (χ2n) is 6.75. The van der Waals surface area contributed by atoms with Crippen molar-refractivity contribution in [1.29, 1.82) is 0 Å². The summed E-state index contributed by atoms with van der Waals surface area (Å²) in [6.45, 7) is 5.32. The minimum Gasteiger partial charge on any atom is -0.352 e. The van der Waals surface area contributed by atoms with Crippen molar-refractivity contribution < 1.29 is 4.79 Å². The van der Waals surface area contributed by atoms with Gasteiger partial charge in [0.2, 0.25) is 5.91 Å². The van der Waals surface area contributed by atoms with Crippen LogP contribution in [0, 0.1) is 5.92 Å². The Balaban J connectivity index is 1.85. The van der Waals surface area contributed by atoms with Gasteiger partial charge in [0.25, 0.3) is 0 Å². The van der Waals surface area contributed by atoms with Crippen LogP contribution in [0.2, 0.25) is 5.02 Å². The van der Waals surface area contributed by atoms with Crippen LogP contribution < -0.4 is 16.0 Å². The minimum atomic E-state index is 0.0375. The topological polar surface area (TPSA) is 65.5 Å². The number of carbonyl (C=O) groups is 1. The van der Waals surface area contributed by atoms with Crippen molar-refractivity contribution >= 4 is 29.2 Å². The molecule has 0 radical (unpaired) electrons. The molecule has 0 aliphatic carbocycles. The zero-order valence-corrected chi connectivity index (χ0v) is 16.8. The van der Waals surface area contributed by atoms with E-state index in [9.17, 15) is 4.79 Å². The van der Waals surface area contributed by atoms with Gasteiger partial charge in [-0.1, -0.05) is 49.7 Å². The Morgan fingerprint density at radius 3 is 2.33 bits per heavy atom. The van der Waals surface area contributed by atoms with E-state index in [4.69, 9.17) is 11.6 Å². The van der Waals surface area contributed by atoms with E-state index >= 15 is 0 Å². The van der Waals surface area contributed by atoms with Crippen LogP contribution >= 0.6 is 11.6 Å². The van der Waals surface area contributed by atoms with E-state index in [1.807, 2.05) is 62.4 Å². The Morgan fingerprint density at radius 1 is 1.04 bits per heavy atom. The highest BCUT2D eigenvalue weighted by Gasteiger charge is 2.06. The van der Waals surface area contributed by atoms with E-state index in [0.29, 0.717) is 31.4 Å². The van der Waals surface area contributed by atoms with Crippen molar-refractivity contribution in [2.75, 3.05) is 12.4 Å². The Hall–Kier alpha value is -2.53. The smallest absolute Gasteiger partial charge is 0.224 e. The number of hydrogen-bond donors (Lipinski definition) is 3. The number of amides is 1. The molecular weight excluding hydrogens is 360 g/mol. The van der Waals surface area contributed by atoms with Gasteiger partial charge in [-0.15, -0.1) is 0 Å². The van der Waals surface area contributed by atoms with Gasteiger partial charge in [0.1, 0.15) is 0 Å². The van der Waals surface area contributed by atoms with Crippen LogP contribution in [0.5, 0.6) is 0 Å². The lowest BCUT2D eigenvalue weighted by molar-refractivity contribution is -0.116. The molecule has 0 fully saturated rings. The van der Waals surface area contributed by atoms with Gasteiger partial charge in [-0.2, -0.15) is 0 Å². The van der Waals surface area contributed by atoms with E-state index in [-0.39, 0.29) is 5.91 Å². The molecule has 0 aromatic heterocycles. The maximum Gasteiger partial charge on any atom is 0.224 e. The summed E-state index contributed by atoms with van der Waals surface area (Å²) in [6, 6.07) is 15.5. The zero-order valence-electron chi connectivity index (χ0n) is 16.1. The van der Waals surface area contributed by atoms with Gasteiger partial charge < -0.3 is 16.0 Å². The number of benzene rings is 2. The molecule has 0 spiro atoms. The second kappa shape index (κ2) is 10.6. The quantitative estimate of drug-likeness (QED) is 0.493. The number of hydrogen-bond acceptors (Lipinski definition) is 2. The molecule has 2 aromatic rings. The van der Waals surface area contributed by atoms with E-state index < -0.39 is 0 Å². The largest absolute Gasteiger partial charge is 0.352 e. The minimum absolute atomic E-state index is 0.0375. The van der Waals surface area contributed by atoms with Gasteiger partial charge in [-0.25, -0.2) is 0 Å². The Labute approximate surface area is 166 Å². The van der Waals surface area contributed by atoms with Crippen molar-refractivity contribution in [2.24, 2.45) is 10.9 Å². The van der Waals surface area contributed by atoms with E-state index in [1.54, 1.807) is 7.05 Å². The van der Waals surface area contributed by atoms with Crippen molar-refractivity contribution in [3.05, 3.63) is 64.7 Å². The normalized spacial score (nSPS) is 11.4. The highest BCUT2D eigenvalue weighted by molar-refractivity contribution is 6.30. The molecule has 0 saturated carbocycles. The summed E-state index contributed by atoms with van der Waals surface area (Å²) in [5.41, 5.74) is 2.99. The van der Waals surface area contributed by atoms with Crippen LogP contribution in [0.15, 0.2) is 53.5 Å². The SMILES string of the molecule is CN=C(NCc1ccc(Cl)cc1)NCc1cccc(NC(=O)CC(C)C)c1. The molecule has 0 heterocycles. The molecule has 0 bridgehead atoms. The summed E-state index contributed by atoms with van der Waals surface area (Å²) >= 11 is 5.91. The first kappa shape index (κ1) is 20.8. The molecule has 6 heteroatoms. The number of guanidine groups is 1.